The van der Waals surface area contributed by atoms with Crippen molar-refractivity contribution in [3.63, 3.8) is 0 Å². The van der Waals surface area contributed by atoms with Gasteiger partial charge in [0.15, 0.2) is 0 Å². The number of aromatic nitrogens is 2. The fourth-order valence-electron chi connectivity index (χ4n) is 1.76. The van der Waals surface area contributed by atoms with Gasteiger partial charge in [0.1, 0.15) is 5.82 Å². The summed E-state index contributed by atoms with van der Waals surface area (Å²) in [5.41, 5.74) is 1.35. The zero-order valence-electron chi connectivity index (χ0n) is 9.72. The van der Waals surface area contributed by atoms with Crippen LogP contribution in [-0.4, -0.2) is 15.8 Å². The van der Waals surface area contributed by atoms with Crippen molar-refractivity contribution >= 4 is 5.82 Å². The Balaban J connectivity index is 1.92. The number of aryl methyl sites for hydroxylation is 1. The molecule has 1 unspecified atom stereocenters. The van der Waals surface area contributed by atoms with Crippen molar-refractivity contribution in [1.82, 2.24) is 9.78 Å². The molecule has 0 amide bonds. The molecule has 0 saturated heterocycles. The van der Waals surface area contributed by atoms with Gasteiger partial charge in [-0.3, -0.25) is 4.68 Å². The Kier molecular flexibility index (Phi) is 3.25. The first-order chi connectivity index (χ1) is 7.74. The average molecular weight is 215 g/mol. The van der Waals surface area contributed by atoms with Gasteiger partial charge in [-0.15, -0.1) is 0 Å². The van der Waals surface area contributed by atoms with Crippen LogP contribution in [0.4, 0.5) is 5.82 Å². The summed E-state index contributed by atoms with van der Waals surface area (Å²) in [7, 11) is 1.92. The van der Waals surface area contributed by atoms with Crippen molar-refractivity contribution in [2.45, 2.75) is 19.4 Å². The molecule has 1 aromatic heterocycles. The highest BCUT2D eigenvalue weighted by atomic mass is 15.3. The SMILES string of the molecule is CC(Cc1ccccc1)Nc1ccn(C)n1. The van der Waals surface area contributed by atoms with Crippen LogP contribution in [0.1, 0.15) is 12.5 Å². The summed E-state index contributed by atoms with van der Waals surface area (Å²) in [6.45, 7) is 2.17. The summed E-state index contributed by atoms with van der Waals surface area (Å²) < 4.78 is 1.80. The van der Waals surface area contributed by atoms with Crippen LogP contribution in [-0.2, 0) is 13.5 Å². The van der Waals surface area contributed by atoms with Gasteiger partial charge < -0.3 is 5.32 Å². The lowest BCUT2D eigenvalue weighted by atomic mass is 10.1. The van der Waals surface area contributed by atoms with E-state index in [9.17, 15) is 0 Å². The normalized spacial score (nSPS) is 12.4. The number of benzene rings is 1. The van der Waals surface area contributed by atoms with E-state index in [2.05, 4.69) is 41.6 Å². The molecule has 0 radical (unpaired) electrons. The molecular weight excluding hydrogens is 198 g/mol. The zero-order chi connectivity index (χ0) is 11.4. The Morgan fingerprint density at radius 3 is 2.62 bits per heavy atom. The van der Waals surface area contributed by atoms with Gasteiger partial charge in [-0.1, -0.05) is 30.3 Å². The molecule has 3 heteroatoms. The van der Waals surface area contributed by atoms with E-state index in [0.717, 1.165) is 12.2 Å². The third kappa shape index (κ3) is 2.86. The first-order valence-corrected chi connectivity index (χ1v) is 5.54. The molecule has 0 bridgehead atoms. The highest BCUT2D eigenvalue weighted by Gasteiger charge is 2.04. The Labute approximate surface area is 96.1 Å². The second-order valence-electron chi connectivity index (χ2n) is 4.11. The summed E-state index contributed by atoms with van der Waals surface area (Å²) in [4.78, 5) is 0. The number of hydrogen-bond acceptors (Lipinski definition) is 2. The molecule has 1 atom stereocenters. The molecule has 2 aromatic rings. The minimum absolute atomic E-state index is 0.386. The molecular formula is C13H17N3. The lowest BCUT2D eigenvalue weighted by molar-refractivity contribution is 0.745. The Hall–Kier alpha value is -1.77. The summed E-state index contributed by atoms with van der Waals surface area (Å²) in [5.74, 6) is 0.936. The minimum Gasteiger partial charge on any atom is -0.366 e. The molecule has 0 saturated carbocycles. The van der Waals surface area contributed by atoms with Crippen LogP contribution >= 0.6 is 0 Å². The van der Waals surface area contributed by atoms with Crippen LogP contribution < -0.4 is 5.32 Å². The van der Waals surface area contributed by atoms with E-state index >= 15 is 0 Å². The van der Waals surface area contributed by atoms with Crippen molar-refractivity contribution < 1.29 is 0 Å². The molecule has 0 aliphatic rings. The molecule has 2 rings (SSSR count). The van der Waals surface area contributed by atoms with Gasteiger partial charge in [0.25, 0.3) is 0 Å². The third-order valence-electron chi connectivity index (χ3n) is 2.49. The molecule has 0 spiro atoms. The molecule has 84 valence electrons. The van der Waals surface area contributed by atoms with Crippen molar-refractivity contribution in [3.8, 4) is 0 Å². The predicted octanol–water partition coefficient (Wildman–Crippen LogP) is 2.46. The molecule has 3 nitrogen and oxygen atoms in total. The fraction of sp³-hybridized carbons (Fsp3) is 0.308. The van der Waals surface area contributed by atoms with Gasteiger partial charge in [-0.2, -0.15) is 5.10 Å². The molecule has 16 heavy (non-hydrogen) atoms. The smallest absolute Gasteiger partial charge is 0.148 e. The number of rotatable bonds is 4. The minimum atomic E-state index is 0.386. The highest BCUT2D eigenvalue weighted by molar-refractivity contribution is 5.34. The maximum absolute atomic E-state index is 4.30. The first-order valence-electron chi connectivity index (χ1n) is 5.54. The van der Waals surface area contributed by atoms with Gasteiger partial charge in [0.2, 0.25) is 0 Å². The molecule has 1 N–H and O–H groups in total. The molecule has 1 heterocycles. The molecule has 0 fully saturated rings. The first kappa shape index (κ1) is 10.7. The van der Waals surface area contributed by atoms with E-state index in [1.165, 1.54) is 5.56 Å². The predicted molar refractivity (Wildman–Crippen MR) is 66.4 cm³/mol. The standard InChI is InChI=1S/C13H17N3/c1-11(10-12-6-4-3-5-7-12)14-13-8-9-16(2)15-13/h3-9,11H,10H2,1-2H3,(H,14,15). The maximum Gasteiger partial charge on any atom is 0.148 e. The number of hydrogen-bond donors (Lipinski definition) is 1. The van der Waals surface area contributed by atoms with E-state index < -0.39 is 0 Å². The zero-order valence-corrected chi connectivity index (χ0v) is 9.72. The summed E-state index contributed by atoms with van der Waals surface area (Å²) >= 11 is 0. The van der Waals surface area contributed by atoms with E-state index in [4.69, 9.17) is 0 Å². The second kappa shape index (κ2) is 4.84. The van der Waals surface area contributed by atoms with Crippen LogP contribution in [0, 0.1) is 0 Å². The van der Waals surface area contributed by atoms with Gasteiger partial charge in [0, 0.05) is 25.4 Å². The Morgan fingerprint density at radius 1 is 1.25 bits per heavy atom. The number of anilines is 1. The van der Waals surface area contributed by atoms with Crippen LogP contribution in [0.5, 0.6) is 0 Å². The second-order valence-corrected chi connectivity index (χ2v) is 4.11. The molecule has 1 aromatic carbocycles. The van der Waals surface area contributed by atoms with Gasteiger partial charge in [0.05, 0.1) is 0 Å². The van der Waals surface area contributed by atoms with Crippen LogP contribution in [0.15, 0.2) is 42.6 Å². The average Bonchev–Trinajstić information content (AvgIpc) is 2.65. The van der Waals surface area contributed by atoms with Crippen LogP contribution in [0.2, 0.25) is 0 Å². The van der Waals surface area contributed by atoms with Gasteiger partial charge in [-0.25, -0.2) is 0 Å². The largest absolute Gasteiger partial charge is 0.366 e. The third-order valence-corrected chi connectivity index (χ3v) is 2.49. The Morgan fingerprint density at radius 2 is 2.00 bits per heavy atom. The quantitative estimate of drug-likeness (QED) is 0.849. The molecule has 0 aliphatic heterocycles. The Bertz CT molecular complexity index is 433. The number of nitrogens with one attached hydrogen (secondary N) is 1. The van der Waals surface area contributed by atoms with E-state index in [0.29, 0.717) is 6.04 Å². The van der Waals surface area contributed by atoms with Crippen molar-refractivity contribution in [2.24, 2.45) is 7.05 Å². The fourth-order valence-corrected chi connectivity index (χ4v) is 1.76. The lowest BCUT2D eigenvalue weighted by Gasteiger charge is -2.12. The van der Waals surface area contributed by atoms with Gasteiger partial charge in [-0.05, 0) is 18.9 Å². The van der Waals surface area contributed by atoms with Gasteiger partial charge >= 0.3 is 0 Å². The number of nitrogens with zero attached hydrogens (tertiary/aromatic N) is 2. The van der Waals surface area contributed by atoms with Crippen LogP contribution in [0.3, 0.4) is 0 Å². The van der Waals surface area contributed by atoms with E-state index in [1.807, 2.05) is 25.4 Å². The van der Waals surface area contributed by atoms with Crippen molar-refractivity contribution in [1.29, 1.82) is 0 Å². The molecule has 0 aliphatic carbocycles. The van der Waals surface area contributed by atoms with Crippen LogP contribution in [0.25, 0.3) is 0 Å². The monoisotopic (exact) mass is 215 g/mol. The van der Waals surface area contributed by atoms with E-state index in [-0.39, 0.29) is 0 Å². The summed E-state index contributed by atoms with van der Waals surface area (Å²) in [6.07, 6.45) is 2.95. The van der Waals surface area contributed by atoms with Crippen molar-refractivity contribution in [2.75, 3.05) is 5.32 Å². The lowest BCUT2D eigenvalue weighted by Crippen LogP contribution is -2.18. The highest BCUT2D eigenvalue weighted by Crippen LogP contribution is 2.08. The van der Waals surface area contributed by atoms with Crippen molar-refractivity contribution in [3.05, 3.63) is 48.2 Å². The van der Waals surface area contributed by atoms with E-state index in [1.54, 1.807) is 4.68 Å². The topological polar surface area (TPSA) is 29.9 Å². The summed E-state index contributed by atoms with van der Waals surface area (Å²) in [5, 5.41) is 7.68. The maximum atomic E-state index is 4.30. The summed E-state index contributed by atoms with van der Waals surface area (Å²) in [6, 6.07) is 12.9.